The average Bonchev–Trinajstić information content (AvgIpc) is 2.90. The number of aromatic nitrogens is 1. The second-order valence-corrected chi connectivity index (χ2v) is 5.04. The number of halogens is 1. The zero-order chi connectivity index (χ0) is 12.4. The van der Waals surface area contributed by atoms with Gasteiger partial charge in [-0.1, -0.05) is 36.4 Å². The van der Waals surface area contributed by atoms with Crippen LogP contribution in [-0.4, -0.2) is 4.98 Å². The van der Waals surface area contributed by atoms with Crippen LogP contribution >= 0.6 is 22.6 Å². The van der Waals surface area contributed by atoms with Gasteiger partial charge in [0.15, 0.2) is 5.76 Å². The van der Waals surface area contributed by atoms with Gasteiger partial charge in [-0.05, 0) is 40.8 Å². The lowest BCUT2D eigenvalue weighted by molar-refractivity contribution is 0.588. The van der Waals surface area contributed by atoms with Crippen molar-refractivity contribution in [2.45, 2.75) is 0 Å². The first-order chi connectivity index (χ1) is 8.84. The first-order valence-corrected chi connectivity index (χ1v) is 6.68. The molecule has 1 heterocycles. The summed E-state index contributed by atoms with van der Waals surface area (Å²) >= 11 is 2.30. The molecule has 0 fully saturated rings. The number of hydrogen-bond acceptors (Lipinski definition) is 2. The van der Waals surface area contributed by atoms with Gasteiger partial charge in [0.2, 0.25) is 5.89 Å². The number of hydrogen-bond donors (Lipinski definition) is 0. The topological polar surface area (TPSA) is 26.0 Å². The Morgan fingerprint density at radius 2 is 1.61 bits per heavy atom. The van der Waals surface area contributed by atoms with Crippen molar-refractivity contribution in [3.8, 4) is 22.8 Å². The van der Waals surface area contributed by atoms with Gasteiger partial charge >= 0.3 is 0 Å². The third-order valence-electron chi connectivity index (χ3n) is 2.67. The SMILES string of the molecule is Ic1ccccc1-c1cnc(-c2ccccc2)o1. The van der Waals surface area contributed by atoms with E-state index in [0.29, 0.717) is 5.89 Å². The fourth-order valence-electron chi connectivity index (χ4n) is 1.77. The van der Waals surface area contributed by atoms with Crippen LogP contribution < -0.4 is 0 Å². The van der Waals surface area contributed by atoms with E-state index in [1.807, 2.05) is 48.5 Å². The lowest BCUT2D eigenvalue weighted by Gasteiger charge is -1.99. The Bertz CT molecular complexity index is 661. The fraction of sp³-hybridized carbons (Fsp3) is 0. The Balaban J connectivity index is 2.03. The Hall–Kier alpha value is -1.62. The first-order valence-electron chi connectivity index (χ1n) is 5.61. The van der Waals surface area contributed by atoms with Gasteiger partial charge in [-0.25, -0.2) is 4.98 Å². The van der Waals surface area contributed by atoms with Crippen molar-refractivity contribution in [2.75, 3.05) is 0 Å². The molecule has 2 nitrogen and oxygen atoms in total. The van der Waals surface area contributed by atoms with Crippen LogP contribution in [0.4, 0.5) is 0 Å². The molecule has 88 valence electrons. The molecule has 0 bridgehead atoms. The Labute approximate surface area is 119 Å². The van der Waals surface area contributed by atoms with Crippen LogP contribution in [0.15, 0.2) is 65.2 Å². The van der Waals surface area contributed by atoms with E-state index >= 15 is 0 Å². The predicted octanol–water partition coefficient (Wildman–Crippen LogP) is 4.61. The highest BCUT2D eigenvalue weighted by Crippen LogP contribution is 2.28. The molecule has 0 aliphatic rings. The smallest absolute Gasteiger partial charge is 0.226 e. The molecule has 0 unspecified atom stereocenters. The van der Waals surface area contributed by atoms with Gasteiger partial charge in [-0.3, -0.25) is 0 Å². The normalized spacial score (nSPS) is 10.5. The minimum Gasteiger partial charge on any atom is -0.436 e. The number of oxazole rings is 1. The van der Waals surface area contributed by atoms with Crippen molar-refractivity contribution >= 4 is 22.6 Å². The maximum Gasteiger partial charge on any atom is 0.226 e. The van der Waals surface area contributed by atoms with E-state index in [-0.39, 0.29) is 0 Å². The summed E-state index contributed by atoms with van der Waals surface area (Å²) < 4.78 is 6.98. The van der Waals surface area contributed by atoms with E-state index < -0.39 is 0 Å². The van der Waals surface area contributed by atoms with E-state index in [1.165, 1.54) is 0 Å². The third kappa shape index (κ3) is 2.18. The average molecular weight is 347 g/mol. The molecule has 0 N–H and O–H groups in total. The van der Waals surface area contributed by atoms with Crippen LogP contribution in [0.1, 0.15) is 0 Å². The van der Waals surface area contributed by atoms with Crippen LogP contribution in [0.2, 0.25) is 0 Å². The molecule has 0 atom stereocenters. The minimum absolute atomic E-state index is 0.658. The molecule has 18 heavy (non-hydrogen) atoms. The van der Waals surface area contributed by atoms with Gasteiger partial charge in [0.25, 0.3) is 0 Å². The summed E-state index contributed by atoms with van der Waals surface area (Å²) in [5, 5.41) is 0. The summed E-state index contributed by atoms with van der Waals surface area (Å²) in [7, 11) is 0. The van der Waals surface area contributed by atoms with E-state index in [2.05, 4.69) is 33.6 Å². The maximum absolute atomic E-state index is 5.82. The van der Waals surface area contributed by atoms with Crippen LogP contribution in [0.25, 0.3) is 22.8 Å². The number of benzene rings is 2. The summed E-state index contributed by atoms with van der Waals surface area (Å²) in [6.07, 6.45) is 1.78. The van der Waals surface area contributed by atoms with Crippen LogP contribution in [-0.2, 0) is 0 Å². The summed E-state index contributed by atoms with van der Waals surface area (Å²) in [5.41, 5.74) is 2.07. The highest BCUT2D eigenvalue weighted by atomic mass is 127. The fourth-order valence-corrected chi connectivity index (χ4v) is 2.43. The van der Waals surface area contributed by atoms with Crippen molar-refractivity contribution in [3.63, 3.8) is 0 Å². The van der Waals surface area contributed by atoms with E-state index in [0.717, 1.165) is 20.5 Å². The molecular weight excluding hydrogens is 337 g/mol. The van der Waals surface area contributed by atoms with Crippen LogP contribution in [0.3, 0.4) is 0 Å². The second kappa shape index (κ2) is 4.94. The van der Waals surface area contributed by atoms with Gasteiger partial charge in [0, 0.05) is 14.7 Å². The van der Waals surface area contributed by atoms with Gasteiger partial charge in [0.1, 0.15) is 0 Å². The van der Waals surface area contributed by atoms with Gasteiger partial charge in [-0.2, -0.15) is 0 Å². The third-order valence-corrected chi connectivity index (χ3v) is 3.61. The van der Waals surface area contributed by atoms with E-state index in [1.54, 1.807) is 6.20 Å². The lowest BCUT2D eigenvalue weighted by Crippen LogP contribution is -1.78. The van der Waals surface area contributed by atoms with Gasteiger partial charge < -0.3 is 4.42 Å². The highest BCUT2D eigenvalue weighted by molar-refractivity contribution is 14.1. The molecule has 1 aromatic heterocycles. The second-order valence-electron chi connectivity index (χ2n) is 3.88. The molecule has 0 saturated heterocycles. The maximum atomic E-state index is 5.82. The van der Waals surface area contributed by atoms with Crippen molar-refractivity contribution < 1.29 is 4.42 Å². The van der Waals surface area contributed by atoms with Crippen LogP contribution in [0.5, 0.6) is 0 Å². The predicted molar refractivity (Wildman–Crippen MR) is 80.1 cm³/mol. The quantitative estimate of drug-likeness (QED) is 0.633. The molecular formula is C15H10INO. The van der Waals surface area contributed by atoms with Crippen molar-refractivity contribution in [3.05, 3.63) is 64.4 Å². The van der Waals surface area contributed by atoms with Crippen LogP contribution in [0, 0.1) is 3.57 Å². The monoisotopic (exact) mass is 347 g/mol. The molecule has 0 radical (unpaired) electrons. The zero-order valence-corrected chi connectivity index (χ0v) is 11.7. The van der Waals surface area contributed by atoms with Gasteiger partial charge in [0.05, 0.1) is 6.20 Å². The Kier molecular flexibility index (Phi) is 3.15. The standard InChI is InChI=1S/C15H10INO/c16-13-9-5-4-8-12(13)14-10-17-15(18-14)11-6-2-1-3-7-11/h1-10H. The molecule has 3 heteroatoms. The molecule has 0 saturated carbocycles. The lowest BCUT2D eigenvalue weighted by atomic mass is 10.2. The number of nitrogens with zero attached hydrogens (tertiary/aromatic N) is 1. The van der Waals surface area contributed by atoms with Crippen molar-refractivity contribution in [1.82, 2.24) is 4.98 Å². The molecule has 0 aliphatic heterocycles. The molecule has 3 aromatic rings. The largest absolute Gasteiger partial charge is 0.436 e. The van der Waals surface area contributed by atoms with E-state index in [9.17, 15) is 0 Å². The molecule has 2 aromatic carbocycles. The Morgan fingerprint density at radius 3 is 2.39 bits per heavy atom. The molecule has 3 rings (SSSR count). The van der Waals surface area contributed by atoms with Crippen molar-refractivity contribution in [2.24, 2.45) is 0 Å². The summed E-state index contributed by atoms with van der Waals surface area (Å²) in [5.74, 6) is 1.46. The number of rotatable bonds is 2. The first kappa shape index (κ1) is 11.5. The zero-order valence-electron chi connectivity index (χ0n) is 9.51. The molecule has 0 amide bonds. The summed E-state index contributed by atoms with van der Waals surface area (Å²) in [6, 6.07) is 18.0. The highest BCUT2D eigenvalue weighted by Gasteiger charge is 2.09. The molecule has 0 spiro atoms. The van der Waals surface area contributed by atoms with E-state index in [4.69, 9.17) is 4.42 Å². The van der Waals surface area contributed by atoms with Gasteiger partial charge in [-0.15, -0.1) is 0 Å². The Morgan fingerprint density at radius 1 is 0.889 bits per heavy atom. The summed E-state index contributed by atoms with van der Waals surface area (Å²) in [6.45, 7) is 0. The molecule has 0 aliphatic carbocycles. The summed E-state index contributed by atoms with van der Waals surface area (Å²) in [4.78, 5) is 4.33. The minimum atomic E-state index is 0.658. The van der Waals surface area contributed by atoms with Crippen molar-refractivity contribution in [1.29, 1.82) is 0 Å².